The van der Waals surface area contributed by atoms with Gasteiger partial charge in [-0.05, 0) is 40.2 Å². The summed E-state index contributed by atoms with van der Waals surface area (Å²) in [6.07, 6.45) is 3.09. The molecule has 0 atom stereocenters. The van der Waals surface area contributed by atoms with Gasteiger partial charge in [0, 0.05) is 16.6 Å². The monoisotopic (exact) mass is 297 g/mol. The molecule has 1 N–H and O–H groups in total. The number of nitrogens with one attached hydrogen (secondary N) is 1. The fourth-order valence-corrected chi connectivity index (χ4v) is 1.88. The molecule has 1 aromatic heterocycles. The molecule has 2 aromatic rings. The predicted octanol–water partition coefficient (Wildman–Crippen LogP) is 3.11. The van der Waals surface area contributed by atoms with Crippen molar-refractivity contribution in [3.63, 3.8) is 0 Å². The molecule has 17 heavy (non-hydrogen) atoms. The zero-order chi connectivity index (χ0) is 12.3. The first-order chi connectivity index (χ1) is 8.16. The van der Waals surface area contributed by atoms with Crippen molar-refractivity contribution in [3.05, 3.63) is 58.2 Å². The second-order valence-corrected chi connectivity index (χ2v) is 4.29. The van der Waals surface area contributed by atoms with Crippen molar-refractivity contribution >= 4 is 21.8 Å². The lowest BCUT2D eigenvalue weighted by Crippen LogP contribution is -2.22. The van der Waals surface area contributed by atoms with E-state index in [1.165, 1.54) is 24.5 Å². The normalized spacial score (nSPS) is 10.2. The minimum Gasteiger partial charge on any atom is -0.472 e. The maximum absolute atomic E-state index is 12.8. The van der Waals surface area contributed by atoms with Gasteiger partial charge in [-0.25, -0.2) is 4.39 Å². The Hall–Kier alpha value is -1.62. The molecule has 1 aromatic carbocycles. The van der Waals surface area contributed by atoms with Gasteiger partial charge < -0.3 is 9.73 Å². The average Bonchev–Trinajstić information content (AvgIpc) is 2.78. The molecule has 1 heterocycles. The Bertz CT molecular complexity index is 525. The third-order valence-corrected chi connectivity index (χ3v) is 2.87. The number of carbonyl (C=O) groups excluding carboxylic acids is 1. The summed E-state index contributed by atoms with van der Waals surface area (Å²) < 4.78 is 18.2. The van der Waals surface area contributed by atoms with Crippen LogP contribution >= 0.6 is 15.9 Å². The van der Waals surface area contributed by atoms with Gasteiger partial charge in [0.25, 0.3) is 5.91 Å². The molecule has 0 bridgehead atoms. The summed E-state index contributed by atoms with van der Waals surface area (Å²) in [4.78, 5) is 11.8. The van der Waals surface area contributed by atoms with E-state index in [1.54, 1.807) is 12.3 Å². The molecule has 2 rings (SSSR count). The van der Waals surface area contributed by atoms with Crippen LogP contribution in [0, 0.1) is 5.82 Å². The Morgan fingerprint density at radius 2 is 2.24 bits per heavy atom. The summed E-state index contributed by atoms with van der Waals surface area (Å²) in [6, 6.07) is 5.70. The SMILES string of the molecule is O=C(NCc1ccoc1)c1ccc(F)cc1Br. The smallest absolute Gasteiger partial charge is 0.252 e. The van der Waals surface area contributed by atoms with Crippen LogP contribution in [0.5, 0.6) is 0 Å². The van der Waals surface area contributed by atoms with E-state index in [0.29, 0.717) is 16.6 Å². The van der Waals surface area contributed by atoms with Crippen LogP contribution in [0.15, 0.2) is 45.7 Å². The zero-order valence-electron chi connectivity index (χ0n) is 8.74. The Balaban J connectivity index is 2.04. The number of hydrogen-bond acceptors (Lipinski definition) is 2. The number of hydrogen-bond donors (Lipinski definition) is 1. The number of halogens is 2. The summed E-state index contributed by atoms with van der Waals surface area (Å²) in [5.41, 5.74) is 1.27. The number of furan rings is 1. The van der Waals surface area contributed by atoms with Crippen LogP contribution in [0.25, 0.3) is 0 Å². The van der Waals surface area contributed by atoms with Crippen LogP contribution in [0.4, 0.5) is 4.39 Å². The topological polar surface area (TPSA) is 42.2 Å². The minimum absolute atomic E-state index is 0.266. The van der Waals surface area contributed by atoms with Gasteiger partial charge in [0.2, 0.25) is 0 Å². The van der Waals surface area contributed by atoms with Gasteiger partial charge in [0.1, 0.15) is 5.82 Å². The number of carbonyl (C=O) groups is 1. The summed E-state index contributed by atoms with van der Waals surface area (Å²) >= 11 is 3.15. The fourth-order valence-electron chi connectivity index (χ4n) is 1.34. The van der Waals surface area contributed by atoms with Gasteiger partial charge in [-0.1, -0.05) is 0 Å². The Labute approximate surface area is 106 Å². The fraction of sp³-hybridized carbons (Fsp3) is 0.0833. The van der Waals surface area contributed by atoms with Crippen molar-refractivity contribution in [2.75, 3.05) is 0 Å². The second kappa shape index (κ2) is 5.14. The second-order valence-electron chi connectivity index (χ2n) is 3.44. The van der Waals surface area contributed by atoms with Gasteiger partial charge in [0.15, 0.2) is 0 Å². The predicted molar refractivity (Wildman–Crippen MR) is 64.0 cm³/mol. The van der Waals surface area contributed by atoms with Crippen LogP contribution in [-0.2, 0) is 6.54 Å². The number of rotatable bonds is 3. The first-order valence-corrected chi connectivity index (χ1v) is 5.70. The first-order valence-electron chi connectivity index (χ1n) is 4.91. The van der Waals surface area contributed by atoms with Crippen molar-refractivity contribution in [3.8, 4) is 0 Å². The highest BCUT2D eigenvalue weighted by Crippen LogP contribution is 2.17. The molecule has 0 saturated heterocycles. The van der Waals surface area contributed by atoms with Crippen molar-refractivity contribution in [1.82, 2.24) is 5.32 Å². The van der Waals surface area contributed by atoms with E-state index in [-0.39, 0.29) is 11.7 Å². The molecule has 0 aliphatic carbocycles. The van der Waals surface area contributed by atoms with E-state index in [0.717, 1.165) is 5.56 Å². The number of amides is 1. The summed E-state index contributed by atoms with van der Waals surface area (Å²) in [5.74, 6) is -0.652. The van der Waals surface area contributed by atoms with E-state index < -0.39 is 0 Å². The maximum atomic E-state index is 12.8. The molecule has 1 amide bonds. The highest BCUT2D eigenvalue weighted by molar-refractivity contribution is 9.10. The van der Waals surface area contributed by atoms with E-state index in [2.05, 4.69) is 21.2 Å². The number of benzene rings is 1. The zero-order valence-corrected chi connectivity index (χ0v) is 10.3. The minimum atomic E-state index is -0.386. The van der Waals surface area contributed by atoms with Crippen molar-refractivity contribution in [2.45, 2.75) is 6.54 Å². The van der Waals surface area contributed by atoms with Gasteiger partial charge in [-0.2, -0.15) is 0 Å². The third kappa shape index (κ3) is 2.94. The quantitative estimate of drug-likeness (QED) is 0.946. The van der Waals surface area contributed by atoms with Gasteiger partial charge in [-0.3, -0.25) is 4.79 Å². The van der Waals surface area contributed by atoms with Crippen LogP contribution in [-0.4, -0.2) is 5.91 Å². The Kier molecular flexibility index (Phi) is 3.58. The van der Waals surface area contributed by atoms with Crippen molar-refractivity contribution in [2.24, 2.45) is 0 Å². The molecule has 0 spiro atoms. The highest BCUT2D eigenvalue weighted by Gasteiger charge is 2.10. The summed E-state index contributed by atoms with van der Waals surface area (Å²) in [7, 11) is 0. The van der Waals surface area contributed by atoms with Gasteiger partial charge in [0.05, 0.1) is 18.1 Å². The molecule has 0 saturated carbocycles. The highest BCUT2D eigenvalue weighted by atomic mass is 79.9. The lowest BCUT2D eigenvalue weighted by Gasteiger charge is -2.05. The maximum Gasteiger partial charge on any atom is 0.252 e. The lowest BCUT2D eigenvalue weighted by atomic mass is 10.2. The summed E-state index contributed by atoms with van der Waals surface area (Å²) in [5, 5.41) is 2.71. The molecule has 0 fully saturated rings. The largest absolute Gasteiger partial charge is 0.472 e. The molecule has 0 aliphatic rings. The summed E-state index contributed by atoms with van der Waals surface area (Å²) in [6.45, 7) is 0.374. The van der Waals surface area contributed by atoms with Crippen LogP contribution < -0.4 is 5.32 Å². The molecule has 0 aliphatic heterocycles. The van der Waals surface area contributed by atoms with Crippen molar-refractivity contribution in [1.29, 1.82) is 0 Å². The van der Waals surface area contributed by atoms with Crippen LogP contribution in [0.2, 0.25) is 0 Å². The molecular weight excluding hydrogens is 289 g/mol. The Morgan fingerprint density at radius 3 is 2.88 bits per heavy atom. The molecule has 0 unspecified atom stereocenters. The van der Waals surface area contributed by atoms with Gasteiger partial charge in [-0.15, -0.1) is 0 Å². The lowest BCUT2D eigenvalue weighted by molar-refractivity contribution is 0.0950. The van der Waals surface area contributed by atoms with E-state index >= 15 is 0 Å². The Morgan fingerprint density at radius 1 is 1.41 bits per heavy atom. The average molecular weight is 298 g/mol. The molecular formula is C12H9BrFNO2. The third-order valence-electron chi connectivity index (χ3n) is 2.21. The van der Waals surface area contributed by atoms with E-state index in [1.807, 2.05) is 0 Å². The van der Waals surface area contributed by atoms with Crippen molar-refractivity contribution < 1.29 is 13.6 Å². The van der Waals surface area contributed by atoms with Crippen LogP contribution in [0.1, 0.15) is 15.9 Å². The molecule has 3 nitrogen and oxygen atoms in total. The molecule has 0 radical (unpaired) electrons. The van der Waals surface area contributed by atoms with Gasteiger partial charge >= 0.3 is 0 Å². The molecule has 88 valence electrons. The van der Waals surface area contributed by atoms with E-state index in [9.17, 15) is 9.18 Å². The van der Waals surface area contributed by atoms with E-state index in [4.69, 9.17) is 4.42 Å². The van der Waals surface area contributed by atoms with Crippen LogP contribution in [0.3, 0.4) is 0 Å². The first kappa shape index (κ1) is 11.9. The molecule has 5 heteroatoms. The standard InChI is InChI=1S/C12H9BrFNO2/c13-11-5-9(14)1-2-10(11)12(16)15-6-8-3-4-17-7-8/h1-5,7H,6H2,(H,15,16).